The van der Waals surface area contributed by atoms with Crippen LogP contribution in [0.4, 0.5) is 0 Å². The van der Waals surface area contributed by atoms with Crippen LogP contribution in [0.3, 0.4) is 0 Å². The van der Waals surface area contributed by atoms with Crippen LogP contribution in [0, 0.1) is 0 Å². The molecule has 18 heavy (non-hydrogen) atoms. The maximum absolute atomic E-state index is 10.9. The van der Waals surface area contributed by atoms with Crippen LogP contribution in [0.25, 0.3) is 11.3 Å². The Hall–Kier alpha value is -1.53. The number of aromatic carboxylic acids is 1. The van der Waals surface area contributed by atoms with E-state index in [1.54, 1.807) is 18.2 Å². The second-order valence-corrected chi connectivity index (χ2v) is 4.64. The number of halogens is 2. The third kappa shape index (κ3) is 2.21. The fraction of sp³-hybridized carbons (Fsp3) is 0.0909. The highest BCUT2D eigenvalue weighted by atomic mass is 79.9. The average molecular weight is 332 g/mol. The molecule has 0 aliphatic rings. The van der Waals surface area contributed by atoms with E-state index in [0.29, 0.717) is 26.5 Å². The zero-order valence-corrected chi connectivity index (χ0v) is 11.5. The van der Waals surface area contributed by atoms with Gasteiger partial charge in [0, 0.05) is 10.6 Å². The molecule has 0 radical (unpaired) electrons. The maximum Gasteiger partial charge on any atom is 0.355 e. The molecule has 5 nitrogen and oxygen atoms in total. The first-order valence-corrected chi connectivity index (χ1v) is 6.02. The molecule has 0 atom stereocenters. The van der Waals surface area contributed by atoms with E-state index < -0.39 is 5.97 Å². The maximum atomic E-state index is 10.9. The minimum atomic E-state index is -1.10. The van der Waals surface area contributed by atoms with Gasteiger partial charge in [-0.05, 0) is 34.1 Å². The lowest BCUT2D eigenvalue weighted by Gasteiger charge is -2.06. The smallest absolute Gasteiger partial charge is 0.355 e. The average Bonchev–Trinajstić information content (AvgIpc) is 2.71. The summed E-state index contributed by atoms with van der Waals surface area (Å²) in [6, 6.07) is 5.04. The van der Waals surface area contributed by atoms with E-state index in [4.69, 9.17) is 21.4 Å². The normalized spacial score (nSPS) is 10.4. The number of rotatable bonds is 3. The number of benzene rings is 1. The van der Waals surface area contributed by atoms with Crippen molar-refractivity contribution in [1.29, 1.82) is 0 Å². The summed E-state index contributed by atoms with van der Waals surface area (Å²) >= 11 is 9.12. The largest absolute Gasteiger partial charge is 0.496 e. The number of carbonyl (C=O) groups is 1. The summed E-state index contributed by atoms with van der Waals surface area (Å²) in [5.74, 6) is -0.537. The number of aromatic amines is 1. The van der Waals surface area contributed by atoms with Crippen LogP contribution in [-0.4, -0.2) is 28.4 Å². The second-order valence-electron chi connectivity index (χ2n) is 3.41. The van der Waals surface area contributed by atoms with E-state index >= 15 is 0 Å². The molecule has 0 aliphatic heterocycles. The number of carboxylic acid groups (broad SMARTS) is 1. The first kappa shape index (κ1) is 12.9. The van der Waals surface area contributed by atoms with Crippen molar-refractivity contribution in [1.82, 2.24) is 10.2 Å². The van der Waals surface area contributed by atoms with Crippen molar-refractivity contribution in [2.75, 3.05) is 7.11 Å². The van der Waals surface area contributed by atoms with Crippen molar-refractivity contribution >= 4 is 33.5 Å². The molecule has 7 heteroatoms. The van der Waals surface area contributed by atoms with Gasteiger partial charge >= 0.3 is 5.97 Å². The molecule has 0 saturated heterocycles. The number of H-pyrrole nitrogens is 1. The Kier molecular flexibility index (Phi) is 3.58. The Morgan fingerprint density at radius 3 is 2.83 bits per heavy atom. The highest BCUT2D eigenvalue weighted by Crippen LogP contribution is 2.36. The first-order chi connectivity index (χ1) is 8.54. The molecule has 0 amide bonds. The SMILES string of the molecule is COc1ccc(Cl)cc1-c1n[nH]c(C(=O)O)c1Br. The lowest BCUT2D eigenvalue weighted by Crippen LogP contribution is -1.97. The van der Waals surface area contributed by atoms with Crippen LogP contribution in [0.2, 0.25) is 5.02 Å². The van der Waals surface area contributed by atoms with Crippen molar-refractivity contribution in [3.8, 4) is 17.0 Å². The number of carboxylic acids is 1. The molecular formula is C11H8BrClN2O3. The zero-order valence-electron chi connectivity index (χ0n) is 9.20. The summed E-state index contributed by atoms with van der Waals surface area (Å²) in [6.07, 6.45) is 0. The van der Waals surface area contributed by atoms with Crippen molar-refractivity contribution in [3.63, 3.8) is 0 Å². The standard InChI is InChI=1S/C11H8BrClN2O3/c1-18-7-3-2-5(13)4-6(7)9-8(12)10(11(16)17)15-14-9/h2-4H,1H3,(H,14,15)(H,16,17). The first-order valence-electron chi connectivity index (χ1n) is 4.85. The van der Waals surface area contributed by atoms with Gasteiger partial charge in [0.05, 0.1) is 11.6 Å². The van der Waals surface area contributed by atoms with E-state index in [0.717, 1.165) is 0 Å². The van der Waals surface area contributed by atoms with Crippen molar-refractivity contribution in [2.24, 2.45) is 0 Å². The molecule has 94 valence electrons. The molecule has 0 bridgehead atoms. The Morgan fingerprint density at radius 2 is 2.28 bits per heavy atom. The monoisotopic (exact) mass is 330 g/mol. The molecule has 0 aliphatic carbocycles. The van der Waals surface area contributed by atoms with Gasteiger partial charge in [-0.1, -0.05) is 11.6 Å². The summed E-state index contributed by atoms with van der Waals surface area (Å²) in [4.78, 5) is 10.9. The van der Waals surface area contributed by atoms with Crippen LogP contribution < -0.4 is 4.74 Å². The van der Waals surface area contributed by atoms with Gasteiger partial charge in [-0.25, -0.2) is 4.79 Å². The van der Waals surface area contributed by atoms with Crippen LogP contribution in [0.5, 0.6) is 5.75 Å². The Morgan fingerprint density at radius 1 is 1.56 bits per heavy atom. The topological polar surface area (TPSA) is 75.2 Å². The molecule has 1 aromatic carbocycles. The molecule has 0 unspecified atom stereocenters. The van der Waals surface area contributed by atoms with E-state index in [9.17, 15) is 4.79 Å². The molecule has 1 aromatic heterocycles. The predicted octanol–water partition coefficient (Wildman–Crippen LogP) is 3.20. The number of hydrogen-bond acceptors (Lipinski definition) is 3. The van der Waals surface area contributed by atoms with Crippen LogP contribution in [0.1, 0.15) is 10.5 Å². The number of nitrogens with one attached hydrogen (secondary N) is 1. The fourth-order valence-electron chi connectivity index (χ4n) is 1.51. The summed E-state index contributed by atoms with van der Waals surface area (Å²) < 4.78 is 5.56. The molecule has 2 aromatic rings. The Balaban J connectivity index is 2.61. The van der Waals surface area contributed by atoms with Gasteiger partial charge in [0.2, 0.25) is 0 Å². The van der Waals surface area contributed by atoms with Crippen molar-refractivity contribution < 1.29 is 14.6 Å². The minimum Gasteiger partial charge on any atom is -0.496 e. The van der Waals surface area contributed by atoms with Crippen molar-refractivity contribution in [3.05, 3.63) is 33.4 Å². The number of nitrogens with zero attached hydrogens (tertiary/aromatic N) is 1. The molecule has 1 heterocycles. The van der Waals surface area contributed by atoms with Crippen molar-refractivity contribution in [2.45, 2.75) is 0 Å². The predicted molar refractivity (Wildman–Crippen MR) is 70.2 cm³/mol. The lowest BCUT2D eigenvalue weighted by atomic mass is 10.1. The number of hydrogen-bond donors (Lipinski definition) is 2. The molecule has 2 rings (SSSR count). The van der Waals surface area contributed by atoms with Gasteiger partial charge in [-0.2, -0.15) is 5.10 Å². The van der Waals surface area contributed by atoms with Gasteiger partial charge in [0.25, 0.3) is 0 Å². The fourth-order valence-corrected chi connectivity index (χ4v) is 2.25. The summed E-state index contributed by atoms with van der Waals surface area (Å²) in [7, 11) is 1.52. The second kappa shape index (κ2) is 4.99. The van der Waals surface area contributed by atoms with Gasteiger partial charge in [-0.15, -0.1) is 0 Å². The quantitative estimate of drug-likeness (QED) is 0.905. The molecule has 2 N–H and O–H groups in total. The number of aromatic nitrogens is 2. The van der Waals surface area contributed by atoms with Crippen LogP contribution >= 0.6 is 27.5 Å². The van der Waals surface area contributed by atoms with Crippen LogP contribution in [-0.2, 0) is 0 Å². The highest BCUT2D eigenvalue weighted by Gasteiger charge is 2.20. The highest BCUT2D eigenvalue weighted by molar-refractivity contribution is 9.10. The van der Waals surface area contributed by atoms with Gasteiger partial charge < -0.3 is 9.84 Å². The molecule has 0 fully saturated rings. The number of methoxy groups -OCH3 is 1. The van der Waals surface area contributed by atoms with E-state index in [-0.39, 0.29) is 5.69 Å². The van der Waals surface area contributed by atoms with Gasteiger partial charge in [0.15, 0.2) is 5.69 Å². The Labute approximate surface area is 116 Å². The summed E-state index contributed by atoms with van der Waals surface area (Å²) in [5, 5.41) is 15.9. The minimum absolute atomic E-state index is 0.0213. The van der Waals surface area contributed by atoms with E-state index in [1.165, 1.54) is 7.11 Å². The van der Waals surface area contributed by atoms with E-state index in [2.05, 4.69) is 26.1 Å². The van der Waals surface area contributed by atoms with Gasteiger partial charge in [0.1, 0.15) is 11.4 Å². The molecular weight excluding hydrogens is 323 g/mol. The third-order valence-electron chi connectivity index (χ3n) is 2.34. The third-order valence-corrected chi connectivity index (χ3v) is 3.34. The lowest BCUT2D eigenvalue weighted by molar-refractivity contribution is 0.0689. The summed E-state index contributed by atoms with van der Waals surface area (Å²) in [5.41, 5.74) is 1.03. The zero-order chi connectivity index (χ0) is 13.3. The Bertz CT molecular complexity index is 612. The van der Waals surface area contributed by atoms with E-state index in [1.807, 2.05) is 0 Å². The van der Waals surface area contributed by atoms with Gasteiger partial charge in [-0.3, -0.25) is 5.10 Å². The number of ether oxygens (including phenoxy) is 1. The molecule has 0 spiro atoms. The van der Waals surface area contributed by atoms with Crippen LogP contribution in [0.15, 0.2) is 22.7 Å². The summed E-state index contributed by atoms with van der Waals surface area (Å²) in [6.45, 7) is 0. The molecule has 0 saturated carbocycles.